The largest absolute Gasteiger partial charge is 0.444 e. The number of aliphatic imine (C=N–C) groups is 1. The lowest BCUT2D eigenvalue weighted by Crippen LogP contribution is -2.35. The van der Waals surface area contributed by atoms with Crippen LogP contribution in [0.4, 0.5) is 4.79 Å². The minimum Gasteiger partial charge on any atom is -0.444 e. The van der Waals surface area contributed by atoms with Gasteiger partial charge in [0.2, 0.25) is 0 Å². The molecule has 0 saturated carbocycles. The number of alkyl carbamates (subject to hydrolysis) is 1. The standard InChI is InChI=1S/C15H25ClN2O2/c1-7-11(3)9-12(18-13(16)8-2)10-17-14(19)20-15(4,5)6/h8-9H,7,10H2,1-6H3,(H,17,19)/b11-9+,13-8-,18-12-. The molecule has 20 heavy (non-hydrogen) atoms. The van der Waals surface area contributed by atoms with Crippen molar-refractivity contribution in [2.24, 2.45) is 4.99 Å². The summed E-state index contributed by atoms with van der Waals surface area (Å²) in [6.45, 7) is 11.6. The number of nitrogens with one attached hydrogen (secondary N) is 1. The van der Waals surface area contributed by atoms with Crippen LogP contribution in [0.3, 0.4) is 0 Å². The van der Waals surface area contributed by atoms with Crippen molar-refractivity contribution in [3.63, 3.8) is 0 Å². The maximum atomic E-state index is 11.6. The molecule has 4 nitrogen and oxygen atoms in total. The molecule has 0 aliphatic rings. The van der Waals surface area contributed by atoms with Crippen LogP contribution in [-0.4, -0.2) is 24.0 Å². The number of halogens is 1. The van der Waals surface area contributed by atoms with Gasteiger partial charge in [-0.25, -0.2) is 9.79 Å². The number of nitrogens with zero attached hydrogens (tertiary/aromatic N) is 1. The number of carbonyl (C=O) groups is 1. The summed E-state index contributed by atoms with van der Waals surface area (Å²) < 4.78 is 5.18. The van der Waals surface area contributed by atoms with E-state index in [-0.39, 0.29) is 6.54 Å². The third-order valence-electron chi connectivity index (χ3n) is 2.27. The van der Waals surface area contributed by atoms with Gasteiger partial charge in [-0.2, -0.15) is 0 Å². The quantitative estimate of drug-likeness (QED) is 0.604. The van der Waals surface area contributed by atoms with Crippen LogP contribution in [0.1, 0.15) is 48.0 Å². The number of rotatable bonds is 5. The molecular weight excluding hydrogens is 276 g/mol. The van der Waals surface area contributed by atoms with Gasteiger partial charge in [-0.3, -0.25) is 0 Å². The highest BCUT2D eigenvalue weighted by Crippen LogP contribution is 2.08. The van der Waals surface area contributed by atoms with Gasteiger partial charge in [0.05, 0.1) is 12.3 Å². The smallest absolute Gasteiger partial charge is 0.407 e. The van der Waals surface area contributed by atoms with Crippen molar-refractivity contribution in [2.45, 2.75) is 53.6 Å². The Hall–Kier alpha value is -1.29. The van der Waals surface area contributed by atoms with E-state index in [1.165, 1.54) is 0 Å². The number of amides is 1. The van der Waals surface area contributed by atoms with Gasteiger partial charge < -0.3 is 10.1 Å². The summed E-state index contributed by atoms with van der Waals surface area (Å²) in [5.41, 5.74) is 1.34. The van der Waals surface area contributed by atoms with Gasteiger partial charge in [0.25, 0.3) is 0 Å². The molecule has 0 fully saturated rings. The minimum absolute atomic E-state index is 0.274. The van der Waals surface area contributed by atoms with Crippen molar-refractivity contribution >= 4 is 23.4 Å². The average Bonchev–Trinajstić information content (AvgIpc) is 2.33. The number of ether oxygens (including phenoxy) is 1. The van der Waals surface area contributed by atoms with Crippen LogP contribution in [0.25, 0.3) is 0 Å². The zero-order chi connectivity index (χ0) is 15.8. The summed E-state index contributed by atoms with van der Waals surface area (Å²) in [7, 11) is 0. The molecule has 114 valence electrons. The molecule has 0 spiro atoms. The number of hydrogen-bond acceptors (Lipinski definition) is 3. The number of allylic oxidation sites excluding steroid dienone is 2. The van der Waals surface area contributed by atoms with Crippen molar-refractivity contribution in [1.29, 1.82) is 0 Å². The van der Waals surface area contributed by atoms with E-state index in [0.717, 1.165) is 12.0 Å². The molecule has 0 rings (SSSR count). The first kappa shape index (κ1) is 18.7. The summed E-state index contributed by atoms with van der Waals surface area (Å²) in [5, 5.41) is 3.07. The zero-order valence-electron chi connectivity index (χ0n) is 13.2. The van der Waals surface area contributed by atoms with E-state index in [0.29, 0.717) is 10.9 Å². The highest BCUT2D eigenvalue weighted by molar-refractivity contribution is 6.30. The highest BCUT2D eigenvalue weighted by atomic mass is 35.5. The van der Waals surface area contributed by atoms with E-state index >= 15 is 0 Å². The van der Waals surface area contributed by atoms with Gasteiger partial charge in [-0.05, 0) is 47.1 Å². The Kier molecular flexibility index (Phi) is 8.23. The third kappa shape index (κ3) is 9.62. The first-order valence-corrected chi connectivity index (χ1v) is 7.09. The summed E-state index contributed by atoms with van der Waals surface area (Å²) in [5.74, 6) is 0. The van der Waals surface area contributed by atoms with Crippen LogP contribution >= 0.6 is 11.6 Å². The summed E-state index contributed by atoms with van der Waals surface area (Å²) in [6.07, 6.45) is 4.07. The summed E-state index contributed by atoms with van der Waals surface area (Å²) >= 11 is 5.91. The molecule has 0 heterocycles. The molecule has 5 heteroatoms. The molecule has 0 radical (unpaired) electrons. The Bertz CT molecular complexity index is 418. The zero-order valence-corrected chi connectivity index (χ0v) is 14.0. The van der Waals surface area contributed by atoms with E-state index in [2.05, 4.69) is 17.2 Å². The fraction of sp³-hybridized carbons (Fsp3) is 0.600. The van der Waals surface area contributed by atoms with Gasteiger partial charge in [-0.1, -0.05) is 30.2 Å². The molecule has 0 unspecified atom stereocenters. The van der Waals surface area contributed by atoms with Crippen molar-refractivity contribution in [3.05, 3.63) is 22.9 Å². The van der Waals surface area contributed by atoms with Gasteiger partial charge >= 0.3 is 6.09 Å². The molecule has 0 atom stereocenters. The van der Waals surface area contributed by atoms with Crippen molar-refractivity contribution in [3.8, 4) is 0 Å². The second-order valence-corrected chi connectivity index (χ2v) is 5.80. The topological polar surface area (TPSA) is 50.7 Å². The van der Waals surface area contributed by atoms with Gasteiger partial charge in [-0.15, -0.1) is 0 Å². The van der Waals surface area contributed by atoms with Gasteiger partial charge in [0.1, 0.15) is 10.8 Å². The van der Waals surface area contributed by atoms with Crippen LogP contribution < -0.4 is 5.32 Å². The van der Waals surface area contributed by atoms with Crippen molar-refractivity contribution in [2.75, 3.05) is 6.54 Å². The number of carbonyl (C=O) groups excluding carboxylic acids is 1. The average molecular weight is 301 g/mol. The Balaban J connectivity index is 4.77. The van der Waals surface area contributed by atoms with E-state index in [4.69, 9.17) is 16.3 Å². The van der Waals surface area contributed by atoms with Gasteiger partial charge in [0, 0.05) is 0 Å². The molecule has 0 saturated heterocycles. The fourth-order valence-corrected chi connectivity index (χ4v) is 1.30. The second-order valence-electron chi connectivity index (χ2n) is 5.41. The lowest BCUT2D eigenvalue weighted by atomic mass is 10.2. The predicted octanol–water partition coefficient (Wildman–Crippen LogP) is 4.41. The summed E-state index contributed by atoms with van der Waals surface area (Å²) in [4.78, 5) is 15.9. The third-order valence-corrected chi connectivity index (χ3v) is 2.57. The van der Waals surface area contributed by atoms with Crippen LogP contribution in [0, 0.1) is 0 Å². The first-order valence-electron chi connectivity index (χ1n) is 6.71. The SMILES string of the molecule is C\C=C(Cl)/N=C(/C=C(\C)CC)CNC(=O)OC(C)(C)C. The van der Waals surface area contributed by atoms with Crippen LogP contribution in [0.5, 0.6) is 0 Å². The van der Waals surface area contributed by atoms with E-state index in [1.807, 2.05) is 33.8 Å². The van der Waals surface area contributed by atoms with E-state index < -0.39 is 11.7 Å². The molecule has 0 aromatic rings. The van der Waals surface area contributed by atoms with Crippen LogP contribution in [0.15, 0.2) is 27.9 Å². The fourth-order valence-electron chi connectivity index (χ4n) is 1.19. The second kappa shape index (κ2) is 8.80. The normalized spacial score (nSPS) is 14.2. The Labute approximate surface area is 126 Å². The van der Waals surface area contributed by atoms with E-state index in [1.54, 1.807) is 13.0 Å². The first-order chi connectivity index (χ1) is 9.17. The molecule has 0 aromatic heterocycles. The minimum atomic E-state index is -0.516. The maximum absolute atomic E-state index is 11.6. The maximum Gasteiger partial charge on any atom is 0.407 e. The Morgan fingerprint density at radius 2 is 2.00 bits per heavy atom. The summed E-state index contributed by atoms with van der Waals surface area (Å²) in [6, 6.07) is 0. The molecule has 0 aromatic carbocycles. The monoisotopic (exact) mass is 300 g/mol. The predicted molar refractivity (Wildman–Crippen MR) is 85.3 cm³/mol. The Morgan fingerprint density at radius 1 is 1.40 bits per heavy atom. The number of hydrogen-bond donors (Lipinski definition) is 1. The molecule has 0 aliphatic carbocycles. The van der Waals surface area contributed by atoms with Crippen molar-refractivity contribution in [1.82, 2.24) is 5.32 Å². The van der Waals surface area contributed by atoms with Crippen LogP contribution in [0.2, 0.25) is 0 Å². The molecular formula is C15H25ClN2O2. The van der Waals surface area contributed by atoms with Crippen LogP contribution in [-0.2, 0) is 4.74 Å². The van der Waals surface area contributed by atoms with E-state index in [9.17, 15) is 4.79 Å². The highest BCUT2D eigenvalue weighted by Gasteiger charge is 2.15. The lowest BCUT2D eigenvalue weighted by Gasteiger charge is -2.19. The molecule has 0 bridgehead atoms. The molecule has 0 aliphatic heterocycles. The molecule has 1 amide bonds. The molecule has 1 N–H and O–H groups in total. The van der Waals surface area contributed by atoms with Gasteiger partial charge in [0.15, 0.2) is 0 Å². The Morgan fingerprint density at radius 3 is 2.45 bits per heavy atom. The lowest BCUT2D eigenvalue weighted by molar-refractivity contribution is 0.0536. The van der Waals surface area contributed by atoms with Crippen molar-refractivity contribution < 1.29 is 9.53 Å².